The van der Waals surface area contributed by atoms with Gasteiger partial charge in [0, 0.05) is 41.9 Å². The number of hydrogen-bond acceptors (Lipinski definition) is 4. The predicted molar refractivity (Wildman–Crippen MR) is 150 cm³/mol. The lowest BCUT2D eigenvalue weighted by atomic mass is 9.85. The highest BCUT2D eigenvalue weighted by molar-refractivity contribution is 6.02. The van der Waals surface area contributed by atoms with Crippen molar-refractivity contribution in [2.75, 3.05) is 6.54 Å². The number of ketones is 1. The Labute approximate surface area is 219 Å². The van der Waals surface area contributed by atoms with Crippen molar-refractivity contribution in [2.24, 2.45) is 5.41 Å². The molecule has 4 aromatic rings. The zero-order valence-corrected chi connectivity index (χ0v) is 22.2. The van der Waals surface area contributed by atoms with Crippen molar-refractivity contribution in [1.82, 2.24) is 15.3 Å². The lowest BCUT2D eigenvalue weighted by Crippen LogP contribution is -2.25. The number of carbonyl (C=O) groups is 2. The van der Waals surface area contributed by atoms with E-state index in [1.165, 1.54) is 0 Å². The van der Waals surface area contributed by atoms with Crippen LogP contribution in [0.3, 0.4) is 0 Å². The Morgan fingerprint density at radius 1 is 0.892 bits per heavy atom. The average Bonchev–Trinajstić information content (AvgIpc) is 2.88. The first-order chi connectivity index (χ1) is 17.7. The van der Waals surface area contributed by atoms with Crippen LogP contribution in [0.1, 0.15) is 78.9 Å². The van der Waals surface area contributed by atoms with Gasteiger partial charge in [-0.2, -0.15) is 0 Å². The summed E-state index contributed by atoms with van der Waals surface area (Å²) in [5.74, 6) is -0.0480. The molecule has 2 aromatic carbocycles. The SMILES string of the molecule is CCCCNC(=O)c1ccc(-c2ccc3ncc(C(=O)CC(C)(C)C)c(Cc4ccccc4)c3c2)cn1. The van der Waals surface area contributed by atoms with Gasteiger partial charge in [-0.25, -0.2) is 0 Å². The molecule has 0 aliphatic heterocycles. The Morgan fingerprint density at radius 3 is 2.32 bits per heavy atom. The highest BCUT2D eigenvalue weighted by Gasteiger charge is 2.22. The largest absolute Gasteiger partial charge is 0.351 e. The van der Waals surface area contributed by atoms with Crippen LogP contribution in [0.25, 0.3) is 22.0 Å². The minimum atomic E-state index is -0.158. The summed E-state index contributed by atoms with van der Waals surface area (Å²) in [6.07, 6.45) is 6.54. The van der Waals surface area contributed by atoms with Gasteiger partial charge in [0.2, 0.25) is 0 Å². The molecule has 4 rings (SSSR count). The summed E-state index contributed by atoms with van der Waals surface area (Å²) in [7, 11) is 0. The third kappa shape index (κ3) is 6.67. The molecule has 1 N–H and O–H groups in total. The Balaban J connectivity index is 1.73. The molecule has 0 aliphatic carbocycles. The number of nitrogens with one attached hydrogen (secondary N) is 1. The smallest absolute Gasteiger partial charge is 0.269 e. The number of amides is 1. The van der Waals surface area contributed by atoms with Crippen LogP contribution in [0, 0.1) is 5.41 Å². The van der Waals surface area contributed by atoms with E-state index in [4.69, 9.17) is 0 Å². The zero-order valence-electron chi connectivity index (χ0n) is 22.2. The van der Waals surface area contributed by atoms with E-state index >= 15 is 0 Å². The van der Waals surface area contributed by atoms with Gasteiger partial charge in [-0.1, -0.05) is 76.6 Å². The molecular formula is C32H35N3O2. The first-order valence-corrected chi connectivity index (χ1v) is 13.0. The van der Waals surface area contributed by atoms with Crippen molar-refractivity contribution in [1.29, 1.82) is 0 Å². The Hall–Kier alpha value is -3.86. The van der Waals surface area contributed by atoms with Gasteiger partial charge in [-0.15, -0.1) is 0 Å². The number of hydrogen-bond donors (Lipinski definition) is 1. The van der Waals surface area contributed by atoms with Crippen molar-refractivity contribution >= 4 is 22.6 Å². The van der Waals surface area contributed by atoms with Gasteiger partial charge in [0.05, 0.1) is 5.52 Å². The third-order valence-corrected chi connectivity index (χ3v) is 6.34. The summed E-state index contributed by atoms with van der Waals surface area (Å²) in [5, 5.41) is 3.87. The molecule has 5 heteroatoms. The summed E-state index contributed by atoms with van der Waals surface area (Å²) in [5.41, 5.74) is 5.83. The van der Waals surface area contributed by atoms with Crippen LogP contribution in [0.15, 0.2) is 73.1 Å². The van der Waals surface area contributed by atoms with Crippen LogP contribution >= 0.6 is 0 Å². The first-order valence-electron chi connectivity index (χ1n) is 13.0. The second-order valence-corrected chi connectivity index (χ2v) is 10.7. The highest BCUT2D eigenvalue weighted by atomic mass is 16.1. The van der Waals surface area contributed by atoms with Gasteiger partial charge in [-0.3, -0.25) is 19.6 Å². The van der Waals surface area contributed by atoms with Crippen LogP contribution in [0.5, 0.6) is 0 Å². The first kappa shape index (κ1) is 26.2. The van der Waals surface area contributed by atoms with Crippen LogP contribution < -0.4 is 5.32 Å². The highest BCUT2D eigenvalue weighted by Crippen LogP contribution is 2.31. The van der Waals surface area contributed by atoms with Crippen LogP contribution in [-0.4, -0.2) is 28.2 Å². The molecule has 190 valence electrons. The van der Waals surface area contributed by atoms with E-state index in [-0.39, 0.29) is 17.1 Å². The van der Waals surface area contributed by atoms with Crippen molar-refractivity contribution in [2.45, 2.75) is 53.4 Å². The van der Waals surface area contributed by atoms with E-state index in [1.54, 1.807) is 18.5 Å². The Bertz CT molecular complexity index is 1390. The van der Waals surface area contributed by atoms with Crippen molar-refractivity contribution in [3.8, 4) is 11.1 Å². The summed E-state index contributed by atoms with van der Waals surface area (Å²) < 4.78 is 0. The molecule has 0 spiro atoms. The maximum Gasteiger partial charge on any atom is 0.269 e. The van der Waals surface area contributed by atoms with E-state index in [0.29, 0.717) is 30.6 Å². The molecule has 0 aliphatic rings. The average molecular weight is 494 g/mol. The standard InChI is InChI=1S/C32H35N3O2/c1-5-6-16-33-31(37)29-15-13-24(20-34-29)23-12-14-28-26(18-23)25(17-22-10-8-7-9-11-22)27(21-35-28)30(36)19-32(2,3)4/h7-15,18,20-21H,5-6,16-17,19H2,1-4H3,(H,33,37). The van der Waals surface area contributed by atoms with Gasteiger partial charge >= 0.3 is 0 Å². The van der Waals surface area contributed by atoms with Crippen LogP contribution in [-0.2, 0) is 6.42 Å². The molecule has 0 saturated heterocycles. The quantitative estimate of drug-likeness (QED) is 0.201. The van der Waals surface area contributed by atoms with Crippen molar-refractivity contribution < 1.29 is 9.59 Å². The van der Waals surface area contributed by atoms with E-state index in [0.717, 1.165) is 46.0 Å². The van der Waals surface area contributed by atoms with Gasteiger partial charge in [0.25, 0.3) is 5.91 Å². The molecule has 2 aromatic heterocycles. The van der Waals surface area contributed by atoms with E-state index < -0.39 is 0 Å². The minimum absolute atomic E-state index is 0.110. The van der Waals surface area contributed by atoms with E-state index in [9.17, 15) is 9.59 Å². The molecule has 0 fully saturated rings. The maximum atomic E-state index is 13.4. The summed E-state index contributed by atoms with van der Waals surface area (Å²) in [6.45, 7) is 8.98. The number of Topliss-reactive ketones (excluding diaryl/α,β-unsaturated/α-hetero) is 1. The lowest BCUT2D eigenvalue weighted by Gasteiger charge is -2.19. The Kier molecular flexibility index (Phi) is 8.12. The summed E-state index contributed by atoms with van der Waals surface area (Å²) >= 11 is 0. The predicted octanol–water partition coefficient (Wildman–Crippen LogP) is 7.04. The topological polar surface area (TPSA) is 72.0 Å². The molecule has 0 unspecified atom stereocenters. The van der Waals surface area contributed by atoms with Gasteiger partial charge < -0.3 is 5.32 Å². The maximum absolute atomic E-state index is 13.4. The second-order valence-electron chi connectivity index (χ2n) is 10.7. The monoisotopic (exact) mass is 493 g/mol. The zero-order chi connectivity index (χ0) is 26.4. The normalized spacial score (nSPS) is 11.5. The summed E-state index contributed by atoms with van der Waals surface area (Å²) in [6, 6.07) is 20.0. The number of benzene rings is 2. The fourth-order valence-electron chi connectivity index (χ4n) is 4.40. The number of fused-ring (bicyclic) bond motifs is 1. The van der Waals surface area contributed by atoms with Crippen LogP contribution in [0.2, 0.25) is 0 Å². The minimum Gasteiger partial charge on any atom is -0.351 e. The molecule has 5 nitrogen and oxygen atoms in total. The molecule has 0 atom stereocenters. The molecule has 2 heterocycles. The Morgan fingerprint density at radius 2 is 1.65 bits per heavy atom. The second kappa shape index (κ2) is 11.5. The number of aromatic nitrogens is 2. The lowest BCUT2D eigenvalue weighted by molar-refractivity contribution is 0.0933. The third-order valence-electron chi connectivity index (χ3n) is 6.34. The number of rotatable bonds is 9. The number of pyridine rings is 2. The molecule has 1 amide bonds. The number of unbranched alkanes of at least 4 members (excludes halogenated alkanes) is 1. The number of nitrogens with zero attached hydrogens (tertiary/aromatic N) is 2. The van der Waals surface area contributed by atoms with E-state index in [2.05, 4.69) is 61.2 Å². The van der Waals surface area contributed by atoms with Crippen molar-refractivity contribution in [3.05, 3.63) is 95.4 Å². The van der Waals surface area contributed by atoms with Gasteiger partial charge in [0.1, 0.15) is 5.69 Å². The molecule has 0 bridgehead atoms. The number of carbonyl (C=O) groups excluding carboxylic acids is 2. The van der Waals surface area contributed by atoms with Gasteiger partial charge in [0.15, 0.2) is 5.78 Å². The van der Waals surface area contributed by atoms with Gasteiger partial charge in [-0.05, 0) is 53.1 Å². The van der Waals surface area contributed by atoms with Crippen LogP contribution in [0.4, 0.5) is 0 Å². The fraction of sp³-hybridized carbons (Fsp3) is 0.312. The van der Waals surface area contributed by atoms with E-state index in [1.807, 2.05) is 36.4 Å². The fourth-order valence-corrected chi connectivity index (χ4v) is 4.40. The van der Waals surface area contributed by atoms with Crippen molar-refractivity contribution in [3.63, 3.8) is 0 Å². The summed E-state index contributed by atoms with van der Waals surface area (Å²) in [4.78, 5) is 34.8. The molecule has 37 heavy (non-hydrogen) atoms. The molecule has 0 saturated carbocycles. The molecule has 0 radical (unpaired) electrons. The molecular weight excluding hydrogens is 458 g/mol.